The zero-order valence-electron chi connectivity index (χ0n) is 7.15. The maximum Gasteiger partial charge on any atom is 0.109 e. The van der Waals surface area contributed by atoms with E-state index in [4.69, 9.17) is 4.42 Å². The standard InChI is InChI=1S/C9H13IO/c1-9(2,3)8-4-7(5-10)6-11-8/h4,6H,5H2,1-3H3. The molecular weight excluding hydrogens is 251 g/mol. The van der Waals surface area contributed by atoms with E-state index in [1.165, 1.54) is 5.56 Å². The summed E-state index contributed by atoms with van der Waals surface area (Å²) < 4.78 is 6.44. The molecule has 1 heterocycles. The van der Waals surface area contributed by atoms with Crippen molar-refractivity contribution in [2.45, 2.75) is 30.6 Å². The first-order valence-corrected chi connectivity index (χ1v) is 5.20. The molecule has 0 amide bonds. The van der Waals surface area contributed by atoms with Crippen LogP contribution >= 0.6 is 22.6 Å². The normalized spacial score (nSPS) is 12.0. The fourth-order valence-electron chi connectivity index (χ4n) is 0.839. The van der Waals surface area contributed by atoms with Gasteiger partial charge in [-0.3, -0.25) is 0 Å². The number of halogens is 1. The van der Waals surface area contributed by atoms with Crippen LogP contribution in [0.1, 0.15) is 32.1 Å². The maximum atomic E-state index is 5.42. The lowest BCUT2D eigenvalue weighted by molar-refractivity contribution is 0.409. The summed E-state index contributed by atoms with van der Waals surface area (Å²) >= 11 is 2.33. The van der Waals surface area contributed by atoms with Crippen LogP contribution in [0.15, 0.2) is 16.7 Å². The summed E-state index contributed by atoms with van der Waals surface area (Å²) in [6, 6.07) is 2.13. The average molecular weight is 264 g/mol. The summed E-state index contributed by atoms with van der Waals surface area (Å²) in [7, 11) is 0. The van der Waals surface area contributed by atoms with Crippen molar-refractivity contribution in [1.29, 1.82) is 0 Å². The molecule has 0 N–H and O–H groups in total. The highest BCUT2D eigenvalue weighted by atomic mass is 127. The van der Waals surface area contributed by atoms with Crippen LogP contribution in [0.2, 0.25) is 0 Å². The first-order valence-electron chi connectivity index (χ1n) is 3.68. The van der Waals surface area contributed by atoms with Crippen molar-refractivity contribution in [2.24, 2.45) is 0 Å². The highest BCUT2D eigenvalue weighted by Gasteiger charge is 2.17. The molecule has 0 spiro atoms. The monoisotopic (exact) mass is 264 g/mol. The van der Waals surface area contributed by atoms with Crippen LogP contribution in [-0.4, -0.2) is 0 Å². The van der Waals surface area contributed by atoms with Gasteiger partial charge >= 0.3 is 0 Å². The molecule has 1 aromatic heterocycles. The third kappa shape index (κ3) is 2.22. The molecule has 0 fully saturated rings. The van der Waals surface area contributed by atoms with Gasteiger partial charge < -0.3 is 4.42 Å². The quantitative estimate of drug-likeness (QED) is 0.558. The van der Waals surface area contributed by atoms with Crippen molar-refractivity contribution in [3.8, 4) is 0 Å². The molecule has 1 nitrogen and oxygen atoms in total. The average Bonchev–Trinajstić information content (AvgIpc) is 2.32. The van der Waals surface area contributed by atoms with Crippen LogP contribution in [-0.2, 0) is 9.84 Å². The Morgan fingerprint density at radius 1 is 1.45 bits per heavy atom. The first-order chi connectivity index (χ1) is 5.04. The van der Waals surface area contributed by atoms with E-state index in [2.05, 4.69) is 49.4 Å². The molecule has 0 aliphatic carbocycles. The summed E-state index contributed by atoms with van der Waals surface area (Å²) in [5.74, 6) is 1.07. The van der Waals surface area contributed by atoms with E-state index in [9.17, 15) is 0 Å². The van der Waals surface area contributed by atoms with Gasteiger partial charge in [-0.15, -0.1) is 0 Å². The van der Waals surface area contributed by atoms with Gasteiger partial charge in [0.15, 0.2) is 0 Å². The maximum absolute atomic E-state index is 5.42. The topological polar surface area (TPSA) is 13.1 Å². The van der Waals surface area contributed by atoms with Gasteiger partial charge in [0, 0.05) is 15.4 Å². The van der Waals surface area contributed by atoms with Crippen molar-refractivity contribution in [3.63, 3.8) is 0 Å². The Hall–Kier alpha value is 0.01000. The van der Waals surface area contributed by atoms with Gasteiger partial charge in [0.1, 0.15) is 5.76 Å². The largest absolute Gasteiger partial charge is 0.468 e. The Labute approximate surface area is 81.3 Å². The third-order valence-electron chi connectivity index (χ3n) is 1.55. The number of furan rings is 1. The van der Waals surface area contributed by atoms with E-state index < -0.39 is 0 Å². The lowest BCUT2D eigenvalue weighted by Crippen LogP contribution is -2.08. The SMILES string of the molecule is CC(C)(C)c1cc(CI)co1. The predicted octanol–water partition coefficient (Wildman–Crippen LogP) is 3.51. The summed E-state index contributed by atoms with van der Waals surface area (Å²) in [4.78, 5) is 0. The zero-order chi connectivity index (χ0) is 8.48. The van der Waals surface area contributed by atoms with E-state index in [1.807, 2.05) is 6.26 Å². The number of hydrogen-bond donors (Lipinski definition) is 0. The minimum absolute atomic E-state index is 0.143. The molecule has 2 heteroatoms. The smallest absolute Gasteiger partial charge is 0.109 e. The second-order valence-electron chi connectivity index (χ2n) is 3.70. The summed E-state index contributed by atoms with van der Waals surface area (Å²) in [6.45, 7) is 6.47. The van der Waals surface area contributed by atoms with Crippen LogP contribution in [0.4, 0.5) is 0 Å². The fraction of sp³-hybridized carbons (Fsp3) is 0.556. The van der Waals surface area contributed by atoms with Crippen LogP contribution in [0, 0.1) is 0 Å². The van der Waals surface area contributed by atoms with Gasteiger partial charge in [0.05, 0.1) is 6.26 Å². The molecular formula is C9H13IO. The Bertz CT molecular complexity index is 232. The van der Waals surface area contributed by atoms with E-state index in [-0.39, 0.29) is 5.41 Å². The minimum atomic E-state index is 0.143. The molecule has 0 atom stereocenters. The van der Waals surface area contributed by atoms with Crippen molar-refractivity contribution in [2.75, 3.05) is 0 Å². The first kappa shape index (κ1) is 9.10. The van der Waals surface area contributed by atoms with Gasteiger partial charge in [0.25, 0.3) is 0 Å². The molecule has 62 valence electrons. The molecule has 0 aliphatic heterocycles. The molecule has 0 bridgehead atoms. The highest BCUT2D eigenvalue weighted by Crippen LogP contribution is 2.24. The van der Waals surface area contributed by atoms with Crippen LogP contribution < -0.4 is 0 Å². The van der Waals surface area contributed by atoms with Gasteiger partial charge in [0.2, 0.25) is 0 Å². The Morgan fingerprint density at radius 2 is 2.09 bits per heavy atom. The van der Waals surface area contributed by atoms with Crippen molar-refractivity contribution < 1.29 is 4.42 Å². The molecule has 11 heavy (non-hydrogen) atoms. The third-order valence-corrected chi connectivity index (χ3v) is 2.43. The fourth-order valence-corrected chi connectivity index (χ4v) is 1.24. The summed E-state index contributed by atoms with van der Waals surface area (Å²) in [5, 5.41) is 0. The second-order valence-corrected chi connectivity index (χ2v) is 4.47. The molecule has 0 unspecified atom stereocenters. The molecule has 1 aromatic rings. The Balaban J connectivity index is 2.89. The lowest BCUT2D eigenvalue weighted by atomic mass is 9.93. The van der Waals surface area contributed by atoms with Crippen molar-refractivity contribution >= 4 is 22.6 Å². The van der Waals surface area contributed by atoms with Crippen molar-refractivity contribution in [3.05, 3.63) is 23.7 Å². The van der Waals surface area contributed by atoms with Gasteiger partial charge in [-0.2, -0.15) is 0 Å². The van der Waals surface area contributed by atoms with Gasteiger partial charge in [-0.1, -0.05) is 43.4 Å². The molecule has 0 radical (unpaired) electrons. The second kappa shape index (κ2) is 3.17. The highest BCUT2D eigenvalue weighted by molar-refractivity contribution is 14.1. The van der Waals surface area contributed by atoms with E-state index in [0.29, 0.717) is 0 Å². The molecule has 0 aromatic carbocycles. The van der Waals surface area contributed by atoms with E-state index in [1.54, 1.807) is 0 Å². The summed E-state index contributed by atoms with van der Waals surface area (Å²) in [6.07, 6.45) is 1.84. The summed E-state index contributed by atoms with van der Waals surface area (Å²) in [5.41, 5.74) is 1.42. The molecule has 0 aliphatic rings. The minimum Gasteiger partial charge on any atom is -0.468 e. The number of hydrogen-bond acceptors (Lipinski definition) is 1. The van der Waals surface area contributed by atoms with E-state index in [0.717, 1.165) is 10.2 Å². The predicted molar refractivity (Wildman–Crippen MR) is 55.1 cm³/mol. The van der Waals surface area contributed by atoms with Gasteiger partial charge in [-0.25, -0.2) is 0 Å². The molecule has 0 saturated heterocycles. The van der Waals surface area contributed by atoms with Crippen LogP contribution in [0.25, 0.3) is 0 Å². The number of rotatable bonds is 1. The van der Waals surface area contributed by atoms with Crippen LogP contribution in [0.5, 0.6) is 0 Å². The Kier molecular flexibility index (Phi) is 2.62. The number of alkyl halides is 1. The lowest BCUT2D eigenvalue weighted by Gasteiger charge is -2.13. The van der Waals surface area contributed by atoms with Gasteiger partial charge in [-0.05, 0) is 6.07 Å². The molecule has 1 rings (SSSR count). The Morgan fingerprint density at radius 3 is 2.36 bits per heavy atom. The zero-order valence-corrected chi connectivity index (χ0v) is 9.31. The van der Waals surface area contributed by atoms with Crippen molar-refractivity contribution in [1.82, 2.24) is 0 Å². The van der Waals surface area contributed by atoms with Crippen LogP contribution in [0.3, 0.4) is 0 Å². The van der Waals surface area contributed by atoms with E-state index >= 15 is 0 Å². The molecule has 0 saturated carbocycles.